The minimum atomic E-state index is -1.09. The number of carboxylic acids is 1. The molecule has 0 fully saturated rings. The van der Waals surface area contributed by atoms with Gasteiger partial charge in [-0.25, -0.2) is 14.0 Å². The standard InChI is InChI=1S/C17H20FNO4/c1-17(2,3)23-16(22)19-9-8-13(14(10-19)15(20)21)11-4-6-12(18)7-5-11/h4-7H,8-10H2,1-3H3,(H,20,21). The topological polar surface area (TPSA) is 66.8 Å². The maximum Gasteiger partial charge on any atom is 0.410 e. The number of carbonyl (C=O) groups excluding carboxylic acids is 1. The van der Waals surface area contributed by atoms with Crippen LogP contribution in [0.4, 0.5) is 9.18 Å². The number of amides is 1. The third-order valence-corrected chi connectivity index (χ3v) is 3.45. The van der Waals surface area contributed by atoms with E-state index in [0.717, 1.165) is 0 Å². The largest absolute Gasteiger partial charge is 0.478 e. The number of nitrogens with zero attached hydrogens (tertiary/aromatic N) is 1. The Morgan fingerprint density at radius 1 is 1.22 bits per heavy atom. The number of rotatable bonds is 2. The van der Waals surface area contributed by atoms with Crippen molar-refractivity contribution >= 4 is 17.6 Å². The van der Waals surface area contributed by atoms with Gasteiger partial charge in [0.15, 0.2) is 0 Å². The summed E-state index contributed by atoms with van der Waals surface area (Å²) < 4.78 is 18.3. The number of halogens is 1. The second-order valence-corrected chi connectivity index (χ2v) is 6.42. The molecule has 1 aromatic carbocycles. The first kappa shape index (κ1) is 17.0. The first-order valence-electron chi connectivity index (χ1n) is 7.36. The van der Waals surface area contributed by atoms with Crippen LogP contribution in [-0.4, -0.2) is 40.8 Å². The summed E-state index contributed by atoms with van der Waals surface area (Å²) in [5.41, 5.74) is 0.778. The van der Waals surface area contributed by atoms with Gasteiger partial charge in [0, 0.05) is 6.54 Å². The molecule has 1 aliphatic rings. The van der Waals surface area contributed by atoms with E-state index in [-0.39, 0.29) is 17.9 Å². The summed E-state index contributed by atoms with van der Waals surface area (Å²) in [6, 6.07) is 5.69. The van der Waals surface area contributed by atoms with E-state index in [1.807, 2.05) is 0 Å². The summed E-state index contributed by atoms with van der Waals surface area (Å²) in [6.45, 7) is 5.60. The average molecular weight is 321 g/mol. The summed E-state index contributed by atoms with van der Waals surface area (Å²) in [5.74, 6) is -1.46. The molecule has 0 aromatic heterocycles. The highest BCUT2D eigenvalue weighted by Crippen LogP contribution is 2.28. The molecule has 0 radical (unpaired) electrons. The van der Waals surface area contributed by atoms with Crippen LogP contribution >= 0.6 is 0 Å². The molecule has 1 aromatic rings. The first-order valence-corrected chi connectivity index (χ1v) is 7.36. The number of ether oxygens (including phenoxy) is 1. The van der Waals surface area contributed by atoms with Gasteiger partial charge in [0.05, 0.1) is 12.1 Å². The van der Waals surface area contributed by atoms with Crippen molar-refractivity contribution in [2.75, 3.05) is 13.1 Å². The van der Waals surface area contributed by atoms with Crippen molar-refractivity contribution in [2.45, 2.75) is 32.8 Å². The number of benzene rings is 1. The van der Waals surface area contributed by atoms with E-state index in [1.54, 1.807) is 32.9 Å². The second-order valence-electron chi connectivity index (χ2n) is 6.42. The zero-order valence-electron chi connectivity index (χ0n) is 13.4. The Bertz CT molecular complexity index is 644. The SMILES string of the molecule is CC(C)(C)OC(=O)N1CCC(c2ccc(F)cc2)=C(C(=O)O)C1. The molecule has 1 aliphatic heterocycles. The fourth-order valence-electron chi connectivity index (χ4n) is 2.41. The van der Waals surface area contributed by atoms with Gasteiger partial charge < -0.3 is 14.7 Å². The lowest BCUT2D eigenvalue weighted by Crippen LogP contribution is -2.41. The first-order chi connectivity index (χ1) is 10.7. The zero-order chi connectivity index (χ0) is 17.2. The Hall–Kier alpha value is -2.37. The van der Waals surface area contributed by atoms with Gasteiger partial charge in [-0.15, -0.1) is 0 Å². The molecule has 6 heteroatoms. The van der Waals surface area contributed by atoms with Crippen molar-refractivity contribution < 1.29 is 23.8 Å². The molecule has 23 heavy (non-hydrogen) atoms. The molecule has 0 saturated heterocycles. The molecule has 1 amide bonds. The second kappa shape index (κ2) is 6.40. The van der Waals surface area contributed by atoms with Crippen LogP contribution < -0.4 is 0 Å². The van der Waals surface area contributed by atoms with Gasteiger partial charge >= 0.3 is 12.1 Å². The van der Waals surface area contributed by atoms with Gasteiger partial charge in [-0.2, -0.15) is 0 Å². The van der Waals surface area contributed by atoms with Gasteiger partial charge in [0.25, 0.3) is 0 Å². The molecule has 0 aliphatic carbocycles. The summed E-state index contributed by atoms with van der Waals surface area (Å²) in [5, 5.41) is 9.45. The molecule has 0 atom stereocenters. The van der Waals surface area contributed by atoms with Crippen LogP contribution in [0.2, 0.25) is 0 Å². The highest BCUT2D eigenvalue weighted by atomic mass is 19.1. The third-order valence-electron chi connectivity index (χ3n) is 3.45. The van der Waals surface area contributed by atoms with Crippen LogP contribution in [-0.2, 0) is 9.53 Å². The molecule has 124 valence electrons. The van der Waals surface area contributed by atoms with E-state index in [2.05, 4.69) is 0 Å². The Kier molecular flexibility index (Phi) is 4.73. The number of hydrogen-bond donors (Lipinski definition) is 1. The monoisotopic (exact) mass is 321 g/mol. The average Bonchev–Trinajstić information content (AvgIpc) is 2.45. The van der Waals surface area contributed by atoms with Crippen molar-refractivity contribution in [2.24, 2.45) is 0 Å². The van der Waals surface area contributed by atoms with Gasteiger partial charge in [0.1, 0.15) is 11.4 Å². The molecular formula is C17H20FNO4. The quantitative estimate of drug-likeness (QED) is 0.907. The minimum absolute atomic E-state index is 0.0308. The van der Waals surface area contributed by atoms with Crippen LogP contribution in [0.25, 0.3) is 5.57 Å². The molecule has 5 nitrogen and oxygen atoms in total. The van der Waals surface area contributed by atoms with Gasteiger partial charge in [-0.1, -0.05) is 12.1 Å². The van der Waals surface area contributed by atoms with Crippen LogP contribution in [0.5, 0.6) is 0 Å². The summed E-state index contributed by atoms with van der Waals surface area (Å²) >= 11 is 0. The normalized spacial score (nSPS) is 15.6. The van der Waals surface area contributed by atoms with Crippen molar-refractivity contribution in [3.05, 3.63) is 41.2 Å². The van der Waals surface area contributed by atoms with Crippen LogP contribution in [0.15, 0.2) is 29.8 Å². The Morgan fingerprint density at radius 2 is 1.83 bits per heavy atom. The van der Waals surface area contributed by atoms with E-state index >= 15 is 0 Å². The van der Waals surface area contributed by atoms with E-state index in [9.17, 15) is 19.1 Å². The minimum Gasteiger partial charge on any atom is -0.478 e. The van der Waals surface area contributed by atoms with E-state index in [0.29, 0.717) is 24.1 Å². The number of carboxylic acid groups (broad SMARTS) is 1. The fraction of sp³-hybridized carbons (Fsp3) is 0.412. The van der Waals surface area contributed by atoms with Gasteiger partial charge in [-0.05, 0) is 50.5 Å². The highest BCUT2D eigenvalue weighted by Gasteiger charge is 2.30. The molecule has 1 N–H and O–H groups in total. The van der Waals surface area contributed by atoms with Crippen molar-refractivity contribution in [1.82, 2.24) is 4.90 Å². The van der Waals surface area contributed by atoms with Crippen molar-refractivity contribution in [3.8, 4) is 0 Å². The third kappa shape index (κ3) is 4.31. The molecule has 0 saturated carbocycles. The lowest BCUT2D eigenvalue weighted by molar-refractivity contribution is -0.132. The van der Waals surface area contributed by atoms with E-state index < -0.39 is 17.7 Å². The zero-order valence-corrected chi connectivity index (χ0v) is 13.4. The van der Waals surface area contributed by atoms with Crippen LogP contribution in [0.3, 0.4) is 0 Å². The molecule has 0 unspecified atom stereocenters. The van der Waals surface area contributed by atoms with E-state index in [1.165, 1.54) is 17.0 Å². The molecular weight excluding hydrogens is 301 g/mol. The van der Waals surface area contributed by atoms with Gasteiger partial charge in [0.2, 0.25) is 0 Å². The maximum atomic E-state index is 13.0. The summed E-state index contributed by atoms with van der Waals surface area (Å²) in [4.78, 5) is 25.0. The maximum absolute atomic E-state index is 13.0. The van der Waals surface area contributed by atoms with Crippen molar-refractivity contribution in [1.29, 1.82) is 0 Å². The molecule has 2 rings (SSSR count). The van der Waals surface area contributed by atoms with Crippen LogP contribution in [0, 0.1) is 5.82 Å². The Labute approximate surface area is 134 Å². The van der Waals surface area contributed by atoms with Crippen molar-refractivity contribution in [3.63, 3.8) is 0 Å². The Balaban J connectivity index is 2.26. The number of carbonyl (C=O) groups is 2. The highest BCUT2D eigenvalue weighted by molar-refractivity contribution is 5.98. The summed E-state index contributed by atoms with van der Waals surface area (Å²) in [6.07, 6.45) is -0.152. The van der Waals surface area contributed by atoms with Gasteiger partial charge in [-0.3, -0.25) is 0 Å². The predicted molar refractivity (Wildman–Crippen MR) is 83.4 cm³/mol. The molecule has 1 heterocycles. The number of aliphatic carboxylic acids is 1. The van der Waals surface area contributed by atoms with Crippen LogP contribution in [0.1, 0.15) is 32.8 Å². The number of hydrogen-bond acceptors (Lipinski definition) is 3. The lowest BCUT2D eigenvalue weighted by atomic mass is 9.93. The fourth-order valence-corrected chi connectivity index (χ4v) is 2.41. The smallest absolute Gasteiger partial charge is 0.410 e. The molecule has 0 spiro atoms. The summed E-state index contributed by atoms with van der Waals surface area (Å²) in [7, 11) is 0. The molecule has 0 bridgehead atoms. The lowest BCUT2D eigenvalue weighted by Gasteiger charge is -2.31. The predicted octanol–water partition coefficient (Wildman–Crippen LogP) is 3.30. The van der Waals surface area contributed by atoms with E-state index in [4.69, 9.17) is 4.74 Å². The Morgan fingerprint density at radius 3 is 2.35 bits per heavy atom.